The van der Waals surface area contributed by atoms with Gasteiger partial charge in [-0.15, -0.1) is 0 Å². The van der Waals surface area contributed by atoms with Crippen molar-refractivity contribution in [3.8, 4) is 0 Å². The summed E-state index contributed by atoms with van der Waals surface area (Å²) in [7, 11) is 0. The highest BCUT2D eigenvalue weighted by atomic mass is 35.5. The van der Waals surface area contributed by atoms with E-state index < -0.39 is 0 Å². The molecule has 5 heteroatoms. The molecule has 2 atom stereocenters. The zero-order valence-corrected chi connectivity index (χ0v) is 13.5. The lowest BCUT2D eigenvalue weighted by atomic mass is 10.0. The van der Waals surface area contributed by atoms with Gasteiger partial charge in [-0.05, 0) is 55.9 Å². The number of halogens is 1. The van der Waals surface area contributed by atoms with Gasteiger partial charge in [-0.25, -0.2) is 0 Å². The van der Waals surface area contributed by atoms with Crippen LogP contribution in [0.5, 0.6) is 0 Å². The first-order valence-corrected chi connectivity index (χ1v) is 8.31. The molecule has 0 bridgehead atoms. The Morgan fingerprint density at radius 3 is 2.55 bits per heavy atom. The van der Waals surface area contributed by atoms with Gasteiger partial charge in [0.05, 0.1) is 0 Å². The van der Waals surface area contributed by atoms with Gasteiger partial charge >= 0.3 is 0 Å². The van der Waals surface area contributed by atoms with E-state index in [9.17, 15) is 9.59 Å². The quantitative estimate of drug-likeness (QED) is 0.925. The van der Waals surface area contributed by atoms with E-state index in [0.717, 1.165) is 25.7 Å². The molecule has 2 unspecified atom stereocenters. The molecule has 1 N–H and O–H groups in total. The third-order valence-corrected chi connectivity index (χ3v) is 4.92. The smallest absolute Gasteiger partial charge is 0.247 e. The number of hydrogen-bond donors (Lipinski definition) is 1. The summed E-state index contributed by atoms with van der Waals surface area (Å²) < 4.78 is 0. The van der Waals surface area contributed by atoms with Crippen molar-refractivity contribution in [2.75, 3.05) is 11.9 Å². The third-order valence-electron chi connectivity index (χ3n) is 4.67. The van der Waals surface area contributed by atoms with Crippen molar-refractivity contribution in [1.82, 2.24) is 4.90 Å². The number of anilines is 1. The first-order valence-electron chi connectivity index (χ1n) is 7.93. The monoisotopic (exact) mass is 320 g/mol. The summed E-state index contributed by atoms with van der Waals surface area (Å²) in [6, 6.07) is 6.68. The van der Waals surface area contributed by atoms with Crippen LogP contribution in [0.2, 0.25) is 5.02 Å². The topological polar surface area (TPSA) is 49.4 Å². The van der Waals surface area contributed by atoms with Gasteiger partial charge < -0.3 is 10.2 Å². The van der Waals surface area contributed by atoms with E-state index in [1.165, 1.54) is 0 Å². The zero-order chi connectivity index (χ0) is 15.7. The predicted molar refractivity (Wildman–Crippen MR) is 86.7 cm³/mol. The average Bonchev–Trinajstić information content (AvgIpc) is 3.24. The van der Waals surface area contributed by atoms with Crippen molar-refractivity contribution in [2.24, 2.45) is 11.8 Å². The van der Waals surface area contributed by atoms with Gasteiger partial charge in [0, 0.05) is 23.2 Å². The highest BCUT2D eigenvalue weighted by Crippen LogP contribution is 2.38. The number of carbonyl (C=O) groups excluding carboxylic acids is 2. The zero-order valence-electron chi connectivity index (χ0n) is 12.7. The van der Waals surface area contributed by atoms with Crippen LogP contribution in [-0.2, 0) is 9.59 Å². The van der Waals surface area contributed by atoms with Crippen molar-refractivity contribution in [3.63, 3.8) is 0 Å². The number of amides is 2. The van der Waals surface area contributed by atoms with Crippen molar-refractivity contribution < 1.29 is 9.59 Å². The predicted octanol–water partition coefficient (Wildman–Crippen LogP) is 3.32. The minimum atomic E-state index is -0.343. The molecule has 4 nitrogen and oxygen atoms in total. The Labute approximate surface area is 135 Å². The van der Waals surface area contributed by atoms with Crippen LogP contribution in [0, 0.1) is 11.8 Å². The summed E-state index contributed by atoms with van der Waals surface area (Å²) in [5, 5.41) is 3.52. The van der Waals surface area contributed by atoms with Crippen molar-refractivity contribution in [2.45, 2.75) is 38.6 Å². The molecular formula is C17H21ClN2O2. The first kappa shape index (κ1) is 15.3. The van der Waals surface area contributed by atoms with Crippen molar-refractivity contribution >= 4 is 29.1 Å². The highest BCUT2D eigenvalue weighted by Gasteiger charge is 2.40. The Hall–Kier alpha value is -1.55. The minimum Gasteiger partial charge on any atom is -0.330 e. The molecule has 0 radical (unpaired) electrons. The summed E-state index contributed by atoms with van der Waals surface area (Å²) in [4.78, 5) is 26.8. The fourth-order valence-electron chi connectivity index (χ4n) is 3.12. The Bertz CT molecular complexity index is 569. The van der Waals surface area contributed by atoms with Gasteiger partial charge in [0.25, 0.3) is 0 Å². The molecule has 1 saturated heterocycles. The molecule has 1 saturated carbocycles. The Morgan fingerprint density at radius 2 is 1.91 bits per heavy atom. The Kier molecular flexibility index (Phi) is 4.39. The molecule has 1 aromatic rings. The minimum absolute atomic E-state index is 0.0453. The summed E-state index contributed by atoms with van der Waals surface area (Å²) in [6.07, 6.45) is 3.91. The van der Waals surface area contributed by atoms with E-state index in [-0.39, 0.29) is 23.8 Å². The van der Waals surface area contributed by atoms with Gasteiger partial charge in [-0.1, -0.05) is 18.5 Å². The fourth-order valence-corrected chi connectivity index (χ4v) is 3.25. The summed E-state index contributed by atoms with van der Waals surface area (Å²) in [6.45, 7) is 2.68. The average molecular weight is 321 g/mol. The van der Waals surface area contributed by atoms with Crippen LogP contribution in [0.15, 0.2) is 24.3 Å². The molecular weight excluding hydrogens is 300 g/mol. The third kappa shape index (κ3) is 3.27. The van der Waals surface area contributed by atoms with E-state index in [1.54, 1.807) is 29.2 Å². The molecule has 0 spiro atoms. The molecule has 0 aromatic heterocycles. The first-order chi connectivity index (χ1) is 10.6. The second kappa shape index (κ2) is 6.29. The van der Waals surface area contributed by atoms with Gasteiger partial charge in [0.1, 0.15) is 6.04 Å². The summed E-state index contributed by atoms with van der Waals surface area (Å²) in [5.41, 5.74) is 0.712. The number of hydrogen-bond acceptors (Lipinski definition) is 2. The van der Waals surface area contributed by atoms with Gasteiger partial charge in [-0.2, -0.15) is 0 Å². The number of carbonyl (C=O) groups is 2. The largest absolute Gasteiger partial charge is 0.330 e. The number of nitrogens with one attached hydrogen (secondary N) is 1. The summed E-state index contributed by atoms with van der Waals surface area (Å²) in [5.74, 6) is 0.601. The standard InChI is InChI=1S/C17H21ClN2O2/c1-11(12-4-5-12)17(22)20-10-2-3-15(20)16(21)19-14-8-6-13(18)7-9-14/h6-9,11-12,15H,2-5,10H2,1H3,(H,19,21). The maximum absolute atomic E-state index is 12.6. The molecule has 1 aromatic carbocycles. The molecule has 1 heterocycles. The van der Waals surface area contributed by atoms with Crippen LogP contribution in [-0.4, -0.2) is 29.3 Å². The molecule has 1 aliphatic heterocycles. The van der Waals surface area contributed by atoms with Crippen LogP contribution in [0.1, 0.15) is 32.6 Å². The molecule has 3 rings (SSSR count). The van der Waals surface area contributed by atoms with Crippen LogP contribution >= 0.6 is 11.6 Å². The van der Waals surface area contributed by atoms with Crippen molar-refractivity contribution in [1.29, 1.82) is 0 Å². The van der Waals surface area contributed by atoms with Gasteiger partial charge in [-0.3, -0.25) is 9.59 Å². The van der Waals surface area contributed by atoms with E-state index >= 15 is 0 Å². The van der Waals surface area contributed by atoms with Gasteiger partial charge in [0.15, 0.2) is 0 Å². The second-order valence-electron chi connectivity index (χ2n) is 6.31. The molecule has 1 aliphatic carbocycles. The van der Waals surface area contributed by atoms with Crippen LogP contribution < -0.4 is 5.32 Å². The number of likely N-dealkylation sites (tertiary alicyclic amines) is 1. The summed E-state index contributed by atoms with van der Waals surface area (Å²) >= 11 is 5.84. The number of benzene rings is 1. The lowest BCUT2D eigenvalue weighted by molar-refractivity contribution is -0.140. The van der Waals surface area contributed by atoms with E-state index in [2.05, 4.69) is 5.32 Å². The molecule has 2 fully saturated rings. The molecule has 2 aliphatic rings. The van der Waals surface area contributed by atoms with Crippen molar-refractivity contribution in [3.05, 3.63) is 29.3 Å². The molecule has 2 amide bonds. The fraction of sp³-hybridized carbons (Fsp3) is 0.529. The van der Waals surface area contributed by atoms with E-state index in [0.29, 0.717) is 23.2 Å². The number of rotatable bonds is 4. The molecule has 118 valence electrons. The SMILES string of the molecule is CC(C(=O)N1CCCC1C(=O)Nc1ccc(Cl)cc1)C1CC1. The lowest BCUT2D eigenvalue weighted by Gasteiger charge is -2.26. The lowest BCUT2D eigenvalue weighted by Crippen LogP contribution is -2.45. The Morgan fingerprint density at radius 1 is 1.23 bits per heavy atom. The number of nitrogens with zero attached hydrogens (tertiary/aromatic N) is 1. The maximum Gasteiger partial charge on any atom is 0.247 e. The van der Waals surface area contributed by atoms with Crippen LogP contribution in [0.3, 0.4) is 0 Å². The highest BCUT2D eigenvalue weighted by molar-refractivity contribution is 6.30. The second-order valence-corrected chi connectivity index (χ2v) is 6.75. The van der Waals surface area contributed by atoms with Gasteiger partial charge in [0.2, 0.25) is 11.8 Å². The Balaban J connectivity index is 1.65. The molecule has 22 heavy (non-hydrogen) atoms. The van der Waals surface area contributed by atoms with E-state index in [4.69, 9.17) is 11.6 Å². The van der Waals surface area contributed by atoms with Crippen LogP contribution in [0.25, 0.3) is 0 Å². The van der Waals surface area contributed by atoms with E-state index in [1.807, 2.05) is 6.92 Å². The van der Waals surface area contributed by atoms with Crippen LogP contribution in [0.4, 0.5) is 5.69 Å². The normalized spacial score (nSPS) is 22.5. The maximum atomic E-state index is 12.6.